The zero-order valence-corrected chi connectivity index (χ0v) is 30.2. The van der Waals surface area contributed by atoms with Crippen LogP contribution in [0.3, 0.4) is 0 Å². The molecule has 51 heavy (non-hydrogen) atoms. The first-order valence-electron chi connectivity index (χ1n) is 18.1. The Hall–Kier alpha value is -4.95. The summed E-state index contributed by atoms with van der Waals surface area (Å²) in [6.45, 7) is 8.70. The lowest BCUT2D eigenvalue weighted by molar-refractivity contribution is 0.0734. The van der Waals surface area contributed by atoms with Crippen molar-refractivity contribution in [2.24, 2.45) is 9.98 Å². The van der Waals surface area contributed by atoms with Gasteiger partial charge in [0.15, 0.2) is 0 Å². The van der Waals surface area contributed by atoms with Gasteiger partial charge in [-0.15, -0.1) is 0 Å². The third-order valence-corrected chi connectivity index (χ3v) is 8.26. The third-order valence-electron chi connectivity index (χ3n) is 8.26. The number of carbonyl (C=O) groups is 1. The van der Waals surface area contributed by atoms with Crippen LogP contribution in [0.25, 0.3) is 11.1 Å². The van der Waals surface area contributed by atoms with Crippen molar-refractivity contribution in [3.05, 3.63) is 102 Å². The lowest BCUT2D eigenvalue weighted by atomic mass is 10.0. The fourth-order valence-electron chi connectivity index (χ4n) is 5.38. The SMILES string of the molecule is C=Nc1ccccc1OCCN=Cc1cc(-c2ccc(OCCCCCCOC)cc2)ccc1OC(=O)c1ccc(OCCCCCCC)cc1. The van der Waals surface area contributed by atoms with Crippen molar-refractivity contribution in [2.45, 2.75) is 64.7 Å². The molecule has 0 aliphatic heterocycles. The minimum atomic E-state index is -0.458. The fourth-order valence-corrected chi connectivity index (χ4v) is 5.38. The molecule has 8 nitrogen and oxygen atoms in total. The molecule has 0 N–H and O–H groups in total. The molecule has 0 saturated heterocycles. The van der Waals surface area contributed by atoms with Gasteiger partial charge in [0.2, 0.25) is 0 Å². The molecule has 0 radical (unpaired) electrons. The van der Waals surface area contributed by atoms with E-state index >= 15 is 0 Å². The molecule has 0 unspecified atom stereocenters. The Morgan fingerprint density at radius 3 is 1.96 bits per heavy atom. The van der Waals surface area contributed by atoms with E-state index in [0.29, 0.717) is 54.7 Å². The lowest BCUT2D eigenvalue weighted by Gasteiger charge is -2.12. The van der Waals surface area contributed by atoms with E-state index < -0.39 is 5.97 Å². The number of benzene rings is 4. The fraction of sp³-hybridized carbons (Fsp3) is 0.372. The molecule has 4 rings (SSSR count). The summed E-state index contributed by atoms with van der Waals surface area (Å²) >= 11 is 0. The number of ether oxygens (including phenoxy) is 5. The monoisotopic (exact) mass is 692 g/mol. The summed E-state index contributed by atoms with van der Waals surface area (Å²) in [5.74, 6) is 2.17. The number of esters is 1. The van der Waals surface area contributed by atoms with Crippen molar-refractivity contribution in [3.63, 3.8) is 0 Å². The molecule has 0 heterocycles. The van der Waals surface area contributed by atoms with Gasteiger partial charge in [0.1, 0.15) is 35.3 Å². The molecule has 0 saturated carbocycles. The molecule has 0 aliphatic rings. The quantitative estimate of drug-likeness (QED) is 0.0314. The highest BCUT2D eigenvalue weighted by Crippen LogP contribution is 2.29. The Balaban J connectivity index is 1.40. The Morgan fingerprint density at radius 1 is 0.667 bits per heavy atom. The van der Waals surface area contributed by atoms with Gasteiger partial charge in [-0.1, -0.05) is 69.4 Å². The van der Waals surface area contributed by atoms with E-state index in [1.54, 1.807) is 31.5 Å². The molecule has 0 amide bonds. The molecule has 0 bridgehead atoms. The largest absolute Gasteiger partial charge is 0.494 e. The van der Waals surface area contributed by atoms with Gasteiger partial charge in [-0.2, -0.15) is 0 Å². The number of nitrogens with zero attached hydrogens (tertiary/aromatic N) is 2. The number of para-hydroxylation sites is 2. The van der Waals surface area contributed by atoms with Crippen LogP contribution in [0, 0.1) is 0 Å². The van der Waals surface area contributed by atoms with E-state index in [4.69, 9.17) is 23.7 Å². The number of unbranched alkanes of at least 4 members (excludes halogenated alkanes) is 7. The average Bonchev–Trinajstić information content (AvgIpc) is 3.17. The molecule has 0 aliphatic carbocycles. The highest BCUT2D eigenvalue weighted by molar-refractivity contribution is 5.94. The number of methoxy groups -OCH3 is 1. The zero-order chi connectivity index (χ0) is 35.9. The Morgan fingerprint density at radius 2 is 1.29 bits per heavy atom. The first-order chi connectivity index (χ1) is 25.1. The standard InChI is InChI=1S/C43H52N2O6/c1-4-5-6-7-13-29-49-39-24-19-35(20-25-39)43(46)51-41-26-21-36(34-17-22-38(23-18-34)48-30-14-9-8-12-28-47-3)32-37(41)33-45-27-31-50-42-16-11-10-15-40(42)44-2/h10-11,15-26,32-33H,2,4-9,12-14,27-31H2,1,3H3. The third kappa shape index (κ3) is 13.7. The Bertz CT molecular complexity index is 1640. The number of hydrogen-bond donors (Lipinski definition) is 0. The van der Waals surface area contributed by atoms with Gasteiger partial charge >= 0.3 is 5.97 Å². The van der Waals surface area contributed by atoms with Crippen molar-refractivity contribution < 1.29 is 28.5 Å². The molecule has 4 aromatic rings. The van der Waals surface area contributed by atoms with Crippen molar-refractivity contribution in [1.29, 1.82) is 0 Å². The van der Waals surface area contributed by atoms with Gasteiger partial charge in [0, 0.05) is 25.5 Å². The molecule has 0 fully saturated rings. The molecule has 270 valence electrons. The van der Waals surface area contributed by atoms with Gasteiger partial charge in [0.05, 0.1) is 25.3 Å². The average molecular weight is 693 g/mol. The predicted octanol–water partition coefficient (Wildman–Crippen LogP) is 10.3. The highest BCUT2D eigenvalue weighted by atomic mass is 16.5. The first-order valence-corrected chi connectivity index (χ1v) is 18.1. The topological polar surface area (TPSA) is 87.9 Å². The van der Waals surface area contributed by atoms with Crippen LogP contribution in [0.1, 0.15) is 80.6 Å². The van der Waals surface area contributed by atoms with Crippen molar-refractivity contribution >= 4 is 24.6 Å². The second-order valence-corrected chi connectivity index (χ2v) is 12.2. The van der Waals surface area contributed by atoms with E-state index in [-0.39, 0.29) is 0 Å². The normalized spacial score (nSPS) is 11.0. The summed E-state index contributed by atoms with van der Waals surface area (Å²) in [7, 11) is 1.74. The summed E-state index contributed by atoms with van der Waals surface area (Å²) in [5, 5.41) is 0. The molecular formula is C43H52N2O6. The maximum atomic E-state index is 13.2. The van der Waals surface area contributed by atoms with Crippen LogP contribution in [-0.4, -0.2) is 59.0 Å². The van der Waals surface area contributed by atoms with E-state index in [2.05, 4.69) is 23.6 Å². The van der Waals surface area contributed by atoms with E-state index in [1.807, 2.05) is 72.8 Å². The van der Waals surface area contributed by atoms with Crippen molar-refractivity contribution in [1.82, 2.24) is 0 Å². The minimum Gasteiger partial charge on any atom is -0.494 e. The summed E-state index contributed by atoms with van der Waals surface area (Å²) in [6.07, 6.45) is 11.9. The maximum Gasteiger partial charge on any atom is 0.343 e. The number of carbonyl (C=O) groups excluding carboxylic acids is 1. The summed E-state index contributed by atoms with van der Waals surface area (Å²) < 4.78 is 28.7. The smallest absolute Gasteiger partial charge is 0.343 e. The number of hydrogen-bond acceptors (Lipinski definition) is 8. The minimum absolute atomic E-state index is 0.347. The first kappa shape index (κ1) is 38.8. The van der Waals surface area contributed by atoms with Gasteiger partial charge in [-0.25, -0.2) is 4.79 Å². The summed E-state index contributed by atoms with van der Waals surface area (Å²) in [6, 6.07) is 28.3. The second kappa shape index (κ2) is 22.7. The molecule has 0 atom stereocenters. The Kier molecular flexibility index (Phi) is 17.3. The molecule has 8 heteroatoms. The van der Waals surface area contributed by atoms with Crippen LogP contribution in [0.4, 0.5) is 5.69 Å². The van der Waals surface area contributed by atoms with E-state index in [0.717, 1.165) is 67.8 Å². The molecule has 0 spiro atoms. The van der Waals surface area contributed by atoms with Crippen LogP contribution in [0.2, 0.25) is 0 Å². The van der Waals surface area contributed by atoms with Crippen LogP contribution >= 0.6 is 0 Å². The van der Waals surface area contributed by atoms with Crippen LogP contribution < -0.4 is 18.9 Å². The zero-order valence-electron chi connectivity index (χ0n) is 30.2. The lowest BCUT2D eigenvalue weighted by Crippen LogP contribution is -2.10. The molecule has 0 aromatic heterocycles. The van der Waals surface area contributed by atoms with Crippen molar-refractivity contribution in [3.8, 4) is 34.1 Å². The van der Waals surface area contributed by atoms with Gasteiger partial charge in [-0.05, 0) is 104 Å². The molecule has 4 aromatic carbocycles. The van der Waals surface area contributed by atoms with Crippen LogP contribution in [0.15, 0.2) is 101 Å². The van der Waals surface area contributed by atoms with Crippen LogP contribution in [-0.2, 0) is 4.74 Å². The van der Waals surface area contributed by atoms with E-state index in [1.165, 1.54) is 19.3 Å². The van der Waals surface area contributed by atoms with Gasteiger partial charge in [0.25, 0.3) is 0 Å². The Labute approximate surface area is 303 Å². The summed E-state index contributed by atoms with van der Waals surface area (Å²) in [5.41, 5.74) is 3.75. The van der Waals surface area contributed by atoms with Crippen LogP contribution in [0.5, 0.6) is 23.0 Å². The number of rotatable bonds is 24. The maximum absolute atomic E-state index is 13.2. The molecular weight excluding hydrogens is 640 g/mol. The highest BCUT2D eigenvalue weighted by Gasteiger charge is 2.13. The number of aliphatic imine (C=N–C) groups is 2. The summed E-state index contributed by atoms with van der Waals surface area (Å²) in [4.78, 5) is 21.8. The second-order valence-electron chi connectivity index (χ2n) is 12.2. The van der Waals surface area contributed by atoms with Gasteiger partial charge in [-0.3, -0.25) is 9.98 Å². The predicted molar refractivity (Wildman–Crippen MR) is 207 cm³/mol. The van der Waals surface area contributed by atoms with E-state index in [9.17, 15) is 4.79 Å². The van der Waals surface area contributed by atoms with Gasteiger partial charge < -0.3 is 23.7 Å². The van der Waals surface area contributed by atoms with Crippen molar-refractivity contribution in [2.75, 3.05) is 40.1 Å².